The summed E-state index contributed by atoms with van der Waals surface area (Å²) in [6.45, 7) is 0.271. The van der Waals surface area contributed by atoms with Crippen LogP contribution in [-0.2, 0) is 11.2 Å². The molecule has 5 aromatic rings. The van der Waals surface area contributed by atoms with Gasteiger partial charge in [-0.05, 0) is 23.3 Å². The number of hydrogen-bond donors (Lipinski definition) is 5. The molecule has 4 atom stereocenters. The molecule has 44 heavy (non-hydrogen) atoms. The van der Waals surface area contributed by atoms with Crippen molar-refractivity contribution in [1.29, 1.82) is 0 Å². The maximum Gasteiger partial charge on any atom is 0.289 e. The largest absolute Gasteiger partial charge is 0.394 e. The van der Waals surface area contributed by atoms with E-state index in [9.17, 15) is 20.1 Å². The van der Waals surface area contributed by atoms with Crippen LogP contribution in [0.3, 0.4) is 0 Å². The van der Waals surface area contributed by atoms with Gasteiger partial charge in [0, 0.05) is 37.3 Å². The fourth-order valence-electron chi connectivity index (χ4n) is 5.36. The van der Waals surface area contributed by atoms with Gasteiger partial charge in [-0.2, -0.15) is 0 Å². The molecule has 1 saturated heterocycles. The number of anilines is 1. The molecule has 226 valence electrons. The van der Waals surface area contributed by atoms with Crippen LogP contribution in [0.1, 0.15) is 39.6 Å². The SMILES string of the molecule is O=C(NCCc1ccccn1)c1nc(NCC(c2ccccc2)c2ccccc2)c2ncn([C@@H]3OC(CO)C(O)[C@H]3O)c2n1. The van der Waals surface area contributed by atoms with E-state index in [2.05, 4.69) is 54.8 Å². The van der Waals surface area contributed by atoms with E-state index in [0.717, 1.165) is 16.8 Å². The molecule has 1 fully saturated rings. The normalized spacial score (nSPS) is 19.8. The standard InChI is InChI=1S/C32H33N7O5/c40-18-24-26(41)27(42)32(44-24)39-19-36-25-28(35-17-23(20-9-3-1-4-10-20)21-11-5-2-6-12-21)37-29(38-30(25)39)31(43)34-16-14-22-13-7-8-15-33-22/h1-13,15,19,23-24,26-27,32,40-42H,14,16-18H2,(H,34,43)(H,35,37,38)/t24?,26?,27-,32-/m1/s1. The highest BCUT2D eigenvalue weighted by molar-refractivity contribution is 5.94. The van der Waals surface area contributed by atoms with Crippen molar-refractivity contribution in [3.05, 3.63) is 114 Å². The van der Waals surface area contributed by atoms with Gasteiger partial charge in [0.2, 0.25) is 5.82 Å². The minimum Gasteiger partial charge on any atom is -0.394 e. The van der Waals surface area contributed by atoms with E-state index in [1.54, 1.807) is 6.20 Å². The number of rotatable bonds is 11. The Hall–Kier alpha value is -4.75. The predicted octanol–water partition coefficient (Wildman–Crippen LogP) is 2.05. The van der Waals surface area contributed by atoms with E-state index in [0.29, 0.717) is 30.8 Å². The molecule has 0 aliphatic carbocycles. The Balaban J connectivity index is 1.33. The number of fused-ring (bicyclic) bond motifs is 1. The summed E-state index contributed by atoms with van der Waals surface area (Å²) in [5, 5.41) is 36.9. The molecule has 1 aliphatic heterocycles. The lowest BCUT2D eigenvalue weighted by molar-refractivity contribution is -0.0511. The van der Waals surface area contributed by atoms with Crippen LogP contribution in [0, 0.1) is 0 Å². The highest BCUT2D eigenvalue weighted by Gasteiger charge is 2.44. The van der Waals surface area contributed by atoms with Crippen LogP contribution in [0.2, 0.25) is 0 Å². The summed E-state index contributed by atoms with van der Waals surface area (Å²) in [6, 6.07) is 25.7. The lowest BCUT2D eigenvalue weighted by Crippen LogP contribution is -2.33. The number of amides is 1. The monoisotopic (exact) mass is 595 g/mol. The molecule has 4 heterocycles. The van der Waals surface area contributed by atoms with Crippen LogP contribution in [-0.4, -0.2) is 83.7 Å². The second kappa shape index (κ2) is 13.3. The summed E-state index contributed by atoms with van der Waals surface area (Å²) in [6.07, 6.45) is -1.10. The van der Waals surface area contributed by atoms with Gasteiger partial charge in [0.05, 0.1) is 12.9 Å². The van der Waals surface area contributed by atoms with Crippen LogP contribution in [0.25, 0.3) is 11.2 Å². The van der Waals surface area contributed by atoms with Crippen molar-refractivity contribution in [1.82, 2.24) is 29.8 Å². The van der Waals surface area contributed by atoms with Crippen molar-refractivity contribution in [2.45, 2.75) is 36.9 Å². The molecule has 12 nitrogen and oxygen atoms in total. The molecule has 12 heteroatoms. The number of nitrogens with zero attached hydrogens (tertiary/aromatic N) is 5. The summed E-state index contributed by atoms with van der Waals surface area (Å²) < 4.78 is 7.19. The number of nitrogens with one attached hydrogen (secondary N) is 2. The second-order valence-corrected chi connectivity index (χ2v) is 10.5. The first kappa shape index (κ1) is 29.3. The van der Waals surface area contributed by atoms with Crippen LogP contribution in [0.5, 0.6) is 0 Å². The van der Waals surface area contributed by atoms with Crippen molar-refractivity contribution in [3.8, 4) is 0 Å². The topological polar surface area (TPSA) is 168 Å². The van der Waals surface area contributed by atoms with E-state index in [4.69, 9.17) is 4.74 Å². The average molecular weight is 596 g/mol. The smallest absolute Gasteiger partial charge is 0.289 e. The number of aliphatic hydroxyl groups excluding tert-OH is 3. The molecule has 0 spiro atoms. The van der Waals surface area contributed by atoms with Gasteiger partial charge in [0.25, 0.3) is 5.91 Å². The minimum absolute atomic E-state index is 0.0411. The van der Waals surface area contributed by atoms with E-state index < -0.39 is 37.1 Å². The zero-order valence-electron chi connectivity index (χ0n) is 23.8. The summed E-state index contributed by atoms with van der Waals surface area (Å²) >= 11 is 0. The van der Waals surface area contributed by atoms with Crippen molar-refractivity contribution < 1.29 is 24.9 Å². The second-order valence-electron chi connectivity index (χ2n) is 10.5. The zero-order valence-corrected chi connectivity index (χ0v) is 23.8. The number of benzene rings is 2. The Kier molecular flexibility index (Phi) is 8.84. The van der Waals surface area contributed by atoms with Crippen LogP contribution in [0.4, 0.5) is 5.82 Å². The molecule has 6 rings (SSSR count). The number of hydrogen-bond acceptors (Lipinski definition) is 10. The van der Waals surface area contributed by atoms with E-state index in [-0.39, 0.29) is 17.4 Å². The Bertz CT molecular complexity index is 1650. The van der Waals surface area contributed by atoms with Gasteiger partial charge >= 0.3 is 0 Å². The third-order valence-corrected chi connectivity index (χ3v) is 7.69. The first-order chi connectivity index (χ1) is 21.5. The first-order valence-electron chi connectivity index (χ1n) is 14.4. The quantitative estimate of drug-likeness (QED) is 0.152. The third kappa shape index (κ3) is 6.15. The van der Waals surface area contributed by atoms with Crippen molar-refractivity contribution in [3.63, 3.8) is 0 Å². The average Bonchev–Trinajstić information content (AvgIpc) is 3.62. The number of pyridine rings is 1. The Morgan fingerprint density at radius 2 is 1.61 bits per heavy atom. The lowest BCUT2D eigenvalue weighted by Gasteiger charge is -2.20. The van der Waals surface area contributed by atoms with Crippen LogP contribution in [0.15, 0.2) is 91.4 Å². The number of imidazole rings is 1. The number of aromatic nitrogens is 5. The summed E-state index contributed by atoms with van der Waals surface area (Å²) in [4.78, 5) is 31.2. The van der Waals surface area contributed by atoms with Crippen molar-refractivity contribution in [2.24, 2.45) is 0 Å². The Morgan fingerprint density at radius 3 is 2.25 bits per heavy atom. The van der Waals surface area contributed by atoms with Gasteiger partial charge in [-0.1, -0.05) is 66.7 Å². The molecular weight excluding hydrogens is 562 g/mol. The lowest BCUT2D eigenvalue weighted by atomic mass is 9.91. The predicted molar refractivity (Wildman–Crippen MR) is 162 cm³/mol. The van der Waals surface area contributed by atoms with E-state index >= 15 is 0 Å². The highest BCUT2D eigenvalue weighted by Crippen LogP contribution is 2.33. The molecule has 2 aromatic carbocycles. The van der Waals surface area contributed by atoms with Gasteiger partial charge in [0.1, 0.15) is 18.3 Å². The van der Waals surface area contributed by atoms with Crippen LogP contribution < -0.4 is 10.6 Å². The van der Waals surface area contributed by atoms with Gasteiger partial charge in [-0.25, -0.2) is 15.0 Å². The molecule has 2 unspecified atom stereocenters. The third-order valence-electron chi connectivity index (χ3n) is 7.69. The molecule has 0 radical (unpaired) electrons. The summed E-state index contributed by atoms with van der Waals surface area (Å²) in [5.41, 5.74) is 3.61. The minimum atomic E-state index is -1.35. The number of carbonyl (C=O) groups excluding carboxylic acids is 1. The van der Waals surface area contributed by atoms with Gasteiger partial charge in [-0.15, -0.1) is 0 Å². The van der Waals surface area contributed by atoms with Gasteiger partial charge in [0.15, 0.2) is 23.2 Å². The molecule has 1 aliphatic rings. The molecular formula is C32H33N7O5. The molecule has 5 N–H and O–H groups in total. The van der Waals surface area contributed by atoms with E-state index in [1.165, 1.54) is 10.9 Å². The van der Waals surface area contributed by atoms with Gasteiger partial charge < -0.3 is 30.7 Å². The molecule has 1 amide bonds. The highest BCUT2D eigenvalue weighted by atomic mass is 16.6. The van der Waals surface area contributed by atoms with E-state index in [1.807, 2.05) is 54.6 Å². The van der Waals surface area contributed by atoms with Crippen LogP contribution >= 0.6 is 0 Å². The summed E-state index contributed by atoms with van der Waals surface area (Å²) in [5.74, 6) is -0.319. The number of carbonyl (C=O) groups is 1. The summed E-state index contributed by atoms with van der Waals surface area (Å²) in [7, 11) is 0. The molecule has 0 saturated carbocycles. The van der Waals surface area contributed by atoms with Crippen molar-refractivity contribution >= 4 is 22.9 Å². The Labute approximate surface area is 253 Å². The number of ether oxygens (including phenoxy) is 1. The Morgan fingerprint density at radius 1 is 0.909 bits per heavy atom. The van der Waals surface area contributed by atoms with Gasteiger partial charge in [-0.3, -0.25) is 14.3 Å². The maximum atomic E-state index is 13.3. The fraction of sp³-hybridized carbons (Fsp3) is 0.281. The molecule has 3 aromatic heterocycles. The zero-order chi connectivity index (χ0) is 30.5. The number of aliphatic hydroxyl groups is 3. The first-order valence-corrected chi connectivity index (χ1v) is 14.4. The fourth-order valence-corrected chi connectivity index (χ4v) is 5.36. The molecule has 0 bridgehead atoms. The van der Waals surface area contributed by atoms with Crippen molar-refractivity contribution in [2.75, 3.05) is 25.0 Å². The maximum absolute atomic E-state index is 13.3.